The molecule has 0 amide bonds. The maximum atomic E-state index is 15.1. The van der Waals surface area contributed by atoms with Crippen molar-refractivity contribution in [2.75, 3.05) is 6.61 Å². The van der Waals surface area contributed by atoms with Crippen LogP contribution in [-0.2, 0) is 25.7 Å². The molecule has 3 aromatic carbocycles. The molecule has 36 heavy (non-hydrogen) atoms. The van der Waals surface area contributed by atoms with Crippen LogP contribution in [0.4, 0.5) is 22.0 Å². The highest BCUT2D eigenvalue weighted by Crippen LogP contribution is 2.27. The topological polar surface area (TPSA) is 31.4 Å². The van der Waals surface area contributed by atoms with Crippen molar-refractivity contribution in [3.8, 4) is 11.5 Å². The number of aromatic nitrogens is 1. The number of rotatable bonds is 10. The molecule has 0 radical (unpaired) electrons. The van der Waals surface area contributed by atoms with E-state index in [1.807, 2.05) is 37.3 Å². The Balaban J connectivity index is 1.43. The first-order valence-corrected chi connectivity index (χ1v) is 11.5. The summed E-state index contributed by atoms with van der Waals surface area (Å²) in [5, 5.41) is 1.20. The molecule has 3 nitrogen and oxygen atoms in total. The van der Waals surface area contributed by atoms with Crippen molar-refractivity contribution in [3.05, 3.63) is 101 Å². The summed E-state index contributed by atoms with van der Waals surface area (Å²) < 4.78 is 76.9. The number of ether oxygens (including phenoxy) is 2. The van der Waals surface area contributed by atoms with Crippen molar-refractivity contribution < 1.29 is 31.4 Å². The van der Waals surface area contributed by atoms with Gasteiger partial charge in [0.25, 0.3) is 0 Å². The molecular formula is C28H24F5NO2. The van der Waals surface area contributed by atoms with Gasteiger partial charge in [-0.2, -0.15) is 8.78 Å². The number of aryl methyl sites for hydroxylation is 4. The number of pyridine rings is 1. The Morgan fingerprint density at radius 3 is 2.22 bits per heavy atom. The quantitative estimate of drug-likeness (QED) is 0.215. The van der Waals surface area contributed by atoms with Crippen molar-refractivity contribution >= 4 is 10.8 Å². The first-order chi connectivity index (χ1) is 17.3. The van der Waals surface area contributed by atoms with Crippen LogP contribution in [0.2, 0.25) is 0 Å². The van der Waals surface area contributed by atoms with Crippen LogP contribution in [0.1, 0.15) is 29.3 Å². The standard InChI is InChI=1S/C28H24F5NO2/c1-2-35-22-11-10-21(34-16-22)9-4-17-5-12-23-20(13-17)8-7-19(26(23)31)6-3-18-14-24(29)27(25(30)15-18)36-28(32)33/h5,7-8,10-16,28H,2-4,6,9H2,1H3. The van der Waals surface area contributed by atoms with Crippen molar-refractivity contribution in [1.29, 1.82) is 0 Å². The second-order valence-corrected chi connectivity index (χ2v) is 8.28. The Kier molecular flexibility index (Phi) is 8.03. The Bertz CT molecular complexity index is 1320. The molecular weight excluding hydrogens is 477 g/mol. The van der Waals surface area contributed by atoms with E-state index in [1.54, 1.807) is 18.3 Å². The Labute approximate surface area is 205 Å². The monoisotopic (exact) mass is 501 g/mol. The molecule has 0 fully saturated rings. The first kappa shape index (κ1) is 25.4. The Morgan fingerprint density at radius 1 is 0.806 bits per heavy atom. The highest BCUT2D eigenvalue weighted by molar-refractivity contribution is 5.84. The van der Waals surface area contributed by atoms with Gasteiger partial charge in [0, 0.05) is 11.1 Å². The number of hydrogen-bond acceptors (Lipinski definition) is 3. The van der Waals surface area contributed by atoms with E-state index in [0.717, 1.165) is 47.4 Å². The number of fused-ring (bicyclic) bond motifs is 1. The van der Waals surface area contributed by atoms with E-state index in [2.05, 4.69) is 9.72 Å². The Morgan fingerprint density at radius 2 is 1.56 bits per heavy atom. The molecule has 8 heteroatoms. The minimum Gasteiger partial charge on any atom is -0.492 e. The fourth-order valence-electron chi connectivity index (χ4n) is 4.06. The maximum Gasteiger partial charge on any atom is 0.387 e. The zero-order valence-electron chi connectivity index (χ0n) is 19.5. The van der Waals surface area contributed by atoms with Gasteiger partial charge in [-0.1, -0.05) is 30.3 Å². The Hall–Kier alpha value is -3.68. The van der Waals surface area contributed by atoms with Gasteiger partial charge in [-0.05, 0) is 78.9 Å². The van der Waals surface area contributed by atoms with Crippen molar-refractivity contribution in [1.82, 2.24) is 4.98 Å². The minimum atomic E-state index is -3.34. The molecule has 0 aliphatic rings. The lowest BCUT2D eigenvalue weighted by Crippen LogP contribution is -2.06. The van der Waals surface area contributed by atoms with Gasteiger partial charge < -0.3 is 9.47 Å². The molecule has 1 heterocycles. The smallest absolute Gasteiger partial charge is 0.387 e. The van der Waals surface area contributed by atoms with Crippen LogP contribution >= 0.6 is 0 Å². The number of alkyl halides is 2. The summed E-state index contributed by atoms with van der Waals surface area (Å²) in [5.74, 6) is -3.24. The van der Waals surface area contributed by atoms with E-state index < -0.39 is 29.8 Å². The van der Waals surface area contributed by atoms with Crippen molar-refractivity contribution in [2.45, 2.75) is 39.2 Å². The third-order valence-electron chi connectivity index (χ3n) is 5.82. The lowest BCUT2D eigenvalue weighted by atomic mass is 9.97. The fourth-order valence-corrected chi connectivity index (χ4v) is 4.06. The van der Waals surface area contributed by atoms with E-state index in [9.17, 15) is 17.6 Å². The molecule has 4 aromatic rings. The SMILES string of the molecule is CCOc1ccc(CCc2ccc3c(F)c(CCc4cc(F)c(OC(F)F)c(F)c4)ccc3c2)nc1. The van der Waals surface area contributed by atoms with E-state index in [1.165, 1.54) is 0 Å². The van der Waals surface area contributed by atoms with Crippen molar-refractivity contribution in [2.24, 2.45) is 0 Å². The van der Waals surface area contributed by atoms with E-state index in [-0.39, 0.29) is 18.4 Å². The normalized spacial score (nSPS) is 11.3. The van der Waals surface area contributed by atoms with E-state index in [0.29, 0.717) is 17.6 Å². The number of benzene rings is 3. The van der Waals surface area contributed by atoms with Gasteiger partial charge in [0.2, 0.25) is 0 Å². The highest BCUT2D eigenvalue weighted by atomic mass is 19.3. The number of hydrogen-bond donors (Lipinski definition) is 0. The predicted molar refractivity (Wildman–Crippen MR) is 127 cm³/mol. The fraction of sp³-hybridized carbons (Fsp3) is 0.250. The van der Waals surface area contributed by atoms with Crippen LogP contribution in [0.3, 0.4) is 0 Å². The van der Waals surface area contributed by atoms with Gasteiger partial charge in [0.1, 0.15) is 11.6 Å². The molecule has 0 spiro atoms. The summed E-state index contributed by atoms with van der Waals surface area (Å²) in [7, 11) is 0. The van der Waals surface area contributed by atoms with Crippen LogP contribution in [0.15, 0.2) is 60.8 Å². The molecule has 4 rings (SSSR count). The lowest BCUT2D eigenvalue weighted by molar-refractivity contribution is -0.0546. The molecule has 0 N–H and O–H groups in total. The maximum absolute atomic E-state index is 15.1. The minimum absolute atomic E-state index is 0.123. The van der Waals surface area contributed by atoms with Crippen LogP contribution in [-0.4, -0.2) is 18.2 Å². The van der Waals surface area contributed by atoms with Crippen LogP contribution in [0, 0.1) is 17.5 Å². The van der Waals surface area contributed by atoms with E-state index >= 15 is 4.39 Å². The molecule has 1 aromatic heterocycles. The third kappa shape index (κ3) is 6.11. The van der Waals surface area contributed by atoms with Crippen LogP contribution in [0.25, 0.3) is 10.8 Å². The number of nitrogens with zero attached hydrogens (tertiary/aromatic N) is 1. The molecule has 0 aliphatic carbocycles. The summed E-state index contributed by atoms with van der Waals surface area (Å²) in [6.45, 7) is -0.841. The summed E-state index contributed by atoms with van der Waals surface area (Å²) in [4.78, 5) is 4.40. The van der Waals surface area contributed by atoms with Crippen LogP contribution < -0.4 is 9.47 Å². The van der Waals surface area contributed by atoms with Gasteiger partial charge in [0.05, 0.1) is 12.8 Å². The molecule has 0 atom stereocenters. The predicted octanol–water partition coefficient (Wildman–Crippen LogP) is 7.22. The molecule has 0 aliphatic heterocycles. The highest BCUT2D eigenvalue weighted by Gasteiger charge is 2.17. The molecule has 188 valence electrons. The zero-order chi connectivity index (χ0) is 25.7. The van der Waals surface area contributed by atoms with Gasteiger partial charge in [-0.25, -0.2) is 13.2 Å². The second-order valence-electron chi connectivity index (χ2n) is 8.28. The lowest BCUT2D eigenvalue weighted by Gasteiger charge is -2.11. The third-order valence-corrected chi connectivity index (χ3v) is 5.82. The van der Waals surface area contributed by atoms with Gasteiger partial charge in [0.15, 0.2) is 17.4 Å². The first-order valence-electron chi connectivity index (χ1n) is 11.5. The van der Waals surface area contributed by atoms with Crippen LogP contribution in [0.5, 0.6) is 11.5 Å². The van der Waals surface area contributed by atoms with Gasteiger partial charge in [-0.3, -0.25) is 4.98 Å². The average molecular weight is 501 g/mol. The molecule has 0 unspecified atom stereocenters. The van der Waals surface area contributed by atoms with Gasteiger partial charge in [-0.15, -0.1) is 0 Å². The molecule has 0 saturated heterocycles. The number of halogens is 5. The summed E-state index contributed by atoms with van der Waals surface area (Å²) in [6, 6.07) is 14.6. The summed E-state index contributed by atoms with van der Waals surface area (Å²) in [5.41, 5.74) is 2.58. The molecule has 0 bridgehead atoms. The molecule has 0 saturated carbocycles. The van der Waals surface area contributed by atoms with Crippen molar-refractivity contribution in [3.63, 3.8) is 0 Å². The van der Waals surface area contributed by atoms with Gasteiger partial charge >= 0.3 is 6.61 Å². The summed E-state index contributed by atoms with van der Waals surface area (Å²) >= 11 is 0. The summed E-state index contributed by atoms with van der Waals surface area (Å²) in [6.07, 6.45) is 3.47. The average Bonchev–Trinajstić information content (AvgIpc) is 2.85. The zero-order valence-corrected chi connectivity index (χ0v) is 19.5. The second kappa shape index (κ2) is 11.4. The largest absolute Gasteiger partial charge is 0.492 e. The van der Waals surface area contributed by atoms with E-state index in [4.69, 9.17) is 4.74 Å².